The summed E-state index contributed by atoms with van der Waals surface area (Å²) in [7, 11) is 3.23. The minimum Gasteiger partial charge on any atom is -0.497 e. The second-order valence-corrected chi connectivity index (χ2v) is 5.79. The van der Waals surface area contributed by atoms with E-state index in [1.54, 1.807) is 14.2 Å². The lowest BCUT2D eigenvalue weighted by molar-refractivity contribution is 0.325. The van der Waals surface area contributed by atoms with Crippen molar-refractivity contribution in [1.82, 2.24) is 19.7 Å². The molecule has 7 nitrogen and oxygen atoms in total. The van der Waals surface area contributed by atoms with Crippen molar-refractivity contribution in [3.63, 3.8) is 0 Å². The van der Waals surface area contributed by atoms with Crippen molar-refractivity contribution >= 4 is 0 Å². The molecule has 1 atom stereocenters. The summed E-state index contributed by atoms with van der Waals surface area (Å²) >= 11 is 0. The number of rotatable bonds is 4. The molecule has 0 spiro atoms. The van der Waals surface area contributed by atoms with Gasteiger partial charge in [0.2, 0.25) is 11.7 Å². The van der Waals surface area contributed by atoms with Crippen LogP contribution < -0.4 is 9.47 Å². The zero-order chi connectivity index (χ0) is 16.5. The minimum atomic E-state index is 0.222. The van der Waals surface area contributed by atoms with Gasteiger partial charge in [-0.15, -0.1) is 0 Å². The van der Waals surface area contributed by atoms with Crippen molar-refractivity contribution in [1.29, 1.82) is 0 Å². The third kappa shape index (κ3) is 2.51. The average molecular weight is 326 g/mol. The van der Waals surface area contributed by atoms with E-state index in [0.717, 1.165) is 30.7 Å². The van der Waals surface area contributed by atoms with E-state index in [2.05, 4.69) is 19.7 Å². The summed E-state index contributed by atoms with van der Waals surface area (Å²) in [4.78, 5) is 8.79. The van der Waals surface area contributed by atoms with E-state index in [1.165, 1.54) is 5.69 Å². The molecule has 0 aliphatic carbocycles. The molecule has 124 valence electrons. The van der Waals surface area contributed by atoms with Crippen LogP contribution in [0, 0.1) is 0 Å². The SMILES string of the molecule is COc1ccc(-c2noc([C@H]3CCn4cncc4C3)n2)c(OC)c1. The largest absolute Gasteiger partial charge is 0.497 e. The van der Waals surface area contributed by atoms with Crippen LogP contribution in [0.2, 0.25) is 0 Å². The smallest absolute Gasteiger partial charge is 0.230 e. The maximum atomic E-state index is 5.53. The third-order valence-corrected chi connectivity index (χ3v) is 4.41. The summed E-state index contributed by atoms with van der Waals surface area (Å²) in [5.41, 5.74) is 1.99. The monoisotopic (exact) mass is 326 g/mol. The molecule has 0 N–H and O–H groups in total. The molecule has 1 aliphatic rings. The van der Waals surface area contributed by atoms with E-state index >= 15 is 0 Å². The topological polar surface area (TPSA) is 75.2 Å². The highest BCUT2D eigenvalue weighted by Gasteiger charge is 2.26. The van der Waals surface area contributed by atoms with Crippen LogP contribution in [0.1, 0.15) is 23.9 Å². The number of fused-ring (bicyclic) bond motifs is 1. The van der Waals surface area contributed by atoms with E-state index in [0.29, 0.717) is 17.5 Å². The van der Waals surface area contributed by atoms with E-state index in [9.17, 15) is 0 Å². The number of benzene rings is 1. The first-order valence-corrected chi connectivity index (χ1v) is 7.83. The maximum absolute atomic E-state index is 5.53. The third-order valence-electron chi connectivity index (χ3n) is 4.41. The minimum absolute atomic E-state index is 0.222. The molecule has 2 aromatic heterocycles. The number of aryl methyl sites for hydroxylation is 1. The van der Waals surface area contributed by atoms with Gasteiger partial charge in [0.05, 0.1) is 26.1 Å². The number of aromatic nitrogens is 4. The molecule has 3 aromatic rings. The molecule has 1 aliphatic heterocycles. The lowest BCUT2D eigenvalue weighted by atomic mass is 9.96. The van der Waals surface area contributed by atoms with E-state index in [-0.39, 0.29) is 5.92 Å². The Labute approximate surface area is 139 Å². The van der Waals surface area contributed by atoms with Gasteiger partial charge in [-0.3, -0.25) is 0 Å². The number of ether oxygens (including phenoxy) is 2. The van der Waals surface area contributed by atoms with Crippen LogP contribution in [-0.4, -0.2) is 33.9 Å². The van der Waals surface area contributed by atoms with Crippen LogP contribution in [0.3, 0.4) is 0 Å². The van der Waals surface area contributed by atoms with Gasteiger partial charge >= 0.3 is 0 Å². The first kappa shape index (κ1) is 14.7. The normalized spacial score (nSPS) is 16.7. The maximum Gasteiger partial charge on any atom is 0.230 e. The molecular weight excluding hydrogens is 308 g/mol. The molecule has 4 rings (SSSR count). The Kier molecular flexibility index (Phi) is 3.68. The molecular formula is C17H18N4O3. The lowest BCUT2D eigenvalue weighted by Crippen LogP contribution is -2.17. The number of nitrogens with zero attached hydrogens (tertiary/aromatic N) is 4. The zero-order valence-corrected chi connectivity index (χ0v) is 13.6. The van der Waals surface area contributed by atoms with Gasteiger partial charge < -0.3 is 18.6 Å². The molecule has 3 heterocycles. The fourth-order valence-corrected chi connectivity index (χ4v) is 3.07. The van der Waals surface area contributed by atoms with E-state index in [1.807, 2.05) is 30.7 Å². The van der Waals surface area contributed by atoms with Gasteiger partial charge in [0.15, 0.2) is 0 Å². The van der Waals surface area contributed by atoms with Gasteiger partial charge in [0.25, 0.3) is 0 Å². The van der Waals surface area contributed by atoms with Gasteiger partial charge in [-0.2, -0.15) is 4.98 Å². The van der Waals surface area contributed by atoms with Crippen LogP contribution in [0.15, 0.2) is 35.2 Å². The Morgan fingerprint density at radius 1 is 1.25 bits per heavy atom. The highest BCUT2D eigenvalue weighted by atomic mass is 16.5. The molecule has 0 fully saturated rings. The van der Waals surface area contributed by atoms with Crippen molar-refractivity contribution < 1.29 is 14.0 Å². The van der Waals surface area contributed by atoms with Crippen molar-refractivity contribution in [2.75, 3.05) is 14.2 Å². The number of methoxy groups -OCH3 is 2. The fourth-order valence-electron chi connectivity index (χ4n) is 3.07. The number of imidazole rings is 1. The number of hydrogen-bond donors (Lipinski definition) is 0. The quantitative estimate of drug-likeness (QED) is 0.734. The summed E-state index contributed by atoms with van der Waals surface area (Å²) in [6.45, 7) is 0.920. The summed E-state index contributed by atoms with van der Waals surface area (Å²) in [5, 5.41) is 4.14. The van der Waals surface area contributed by atoms with Crippen LogP contribution >= 0.6 is 0 Å². The predicted octanol–water partition coefficient (Wildman–Crippen LogP) is 2.68. The van der Waals surface area contributed by atoms with Crippen molar-refractivity contribution in [2.45, 2.75) is 25.3 Å². The fraction of sp³-hybridized carbons (Fsp3) is 0.353. The summed E-state index contributed by atoms with van der Waals surface area (Å²) < 4.78 is 18.3. The summed E-state index contributed by atoms with van der Waals surface area (Å²) in [6.07, 6.45) is 5.59. The molecule has 0 unspecified atom stereocenters. The molecule has 7 heteroatoms. The van der Waals surface area contributed by atoms with Crippen LogP contribution in [0.25, 0.3) is 11.4 Å². The summed E-state index contributed by atoms with van der Waals surface area (Å²) in [5.74, 6) is 2.79. The summed E-state index contributed by atoms with van der Waals surface area (Å²) in [6, 6.07) is 5.54. The standard InChI is InChI=1S/C17H18N4O3/c1-22-13-3-4-14(15(8-13)23-2)16-19-17(24-20-16)11-5-6-21-10-18-9-12(21)7-11/h3-4,8-11H,5-7H2,1-2H3/t11-/m0/s1. The first-order chi connectivity index (χ1) is 11.8. The Balaban J connectivity index is 1.62. The number of hydrogen-bond acceptors (Lipinski definition) is 6. The zero-order valence-electron chi connectivity index (χ0n) is 13.6. The van der Waals surface area contributed by atoms with E-state index < -0.39 is 0 Å². The lowest BCUT2D eigenvalue weighted by Gasteiger charge is -2.20. The highest BCUT2D eigenvalue weighted by molar-refractivity contribution is 5.65. The van der Waals surface area contributed by atoms with Crippen molar-refractivity contribution in [3.8, 4) is 22.9 Å². The van der Waals surface area contributed by atoms with Crippen LogP contribution in [0.4, 0.5) is 0 Å². The molecule has 0 radical (unpaired) electrons. The molecule has 0 saturated heterocycles. The predicted molar refractivity (Wildman–Crippen MR) is 86.1 cm³/mol. The molecule has 0 bridgehead atoms. The van der Waals surface area contributed by atoms with Gasteiger partial charge in [0.1, 0.15) is 11.5 Å². The van der Waals surface area contributed by atoms with Gasteiger partial charge in [0, 0.05) is 36.8 Å². The molecule has 0 saturated carbocycles. The van der Waals surface area contributed by atoms with Gasteiger partial charge in [-0.25, -0.2) is 4.98 Å². The molecule has 0 amide bonds. The average Bonchev–Trinajstić information content (AvgIpc) is 3.29. The Bertz CT molecular complexity index is 855. The Hall–Kier alpha value is -2.83. The second-order valence-electron chi connectivity index (χ2n) is 5.79. The Morgan fingerprint density at radius 3 is 3.00 bits per heavy atom. The first-order valence-electron chi connectivity index (χ1n) is 7.83. The second kappa shape index (κ2) is 5.99. The van der Waals surface area contributed by atoms with Crippen LogP contribution in [-0.2, 0) is 13.0 Å². The van der Waals surface area contributed by atoms with Gasteiger partial charge in [-0.1, -0.05) is 5.16 Å². The Morgan fingerprint density at radius 2 is 2.17 bits per heavy atom. The van der Waals surface area contributed by atoms with Crippen molar-refractivity contribution in [3.05, 3.63) is 42.3 Å². The highest BCUT2D eigenvalue weighted by Crippen LogP contribution is 2.34. The van der Waals surface area contributed by atoms with Gasteiger partial charge in [-0.05, 0) is 18.6 Å². The van der Waals surface area contributed by atoms with E-state index in [4.69, 9.17) is 14.0 Å². The molecule has 24 heavy (non-hydrogen) atoms. The molecule has 1 aromatic carbocycles. The van der Waals surface area contributed by atoms with Crippen LogP contribution in [0.5, 0.6) is 11.5 Å². The van der Waals surface area contributed by atoms with Crippen molar-refractivity contribution in [2.24, 2.45) is 0 Å².